The smallest absolute Gasteiger partial charge is 0.198 e. The first-order valence-corrected chi connectivity index (χ1v) is 6.43. The highest BCUT2D eigenvalue weighted by molar-refractivity contribution is 9.10. The summed E-state index contributed by atoms with van der Waals surface area (Å²) >= 11 is 9.36. The minimum atomic E-state index is -0.148. The van der Waals surface area contributed by atoms with Crippen molar-refractivity contribution in [3.63, 3.8) is 0 Å². The van der Waals surface area contributed by atoms with E-state index in [4.69, 9.17) is 16.3 Å². The summed E-state index contributed by atoms with van der Waals surface area (Å²) in [6, 6.07) is 12.2. The number of hydrogen-bond donors (Lipinski definition) is 0. The number of carbonyl (C=O) groups is 1. The second kappa shape index (κ2) is 5.55. The van der Waals surface area contributed by atoms with E-state index in [0.29, 0.717) is 21.9 Å². The Hall–Kier alpha value is -1.32. The number of halogens is 2. The molecule has 0 radical (unpaired) electrons. The number of ketones is 1. The normalized spacial score (nSPS) is 10.2. The van der Waals surface area contributed by atoms with Crippen molar-refractivity contribution in [1.82, 2.24) is 0 Å². The summed E-state index contributed by atoms with van der Waals surface area (Å²) in [5.41, 5.74) is 0.966. The molecule has 0 bridgehead atoms. The molecular weight excluding hydrogens is 316 g/mol. The van der Waals surface area contributed by atoms with Crippen LogP contribution in [0, 0.1) is 0 Å². The predicted molar refractivity (Wildman–Crippen MR) is 75.6 cm³/mol. The third-order valence-corrected chi connectivity index (χ3v) is 3.35. The van der Waals surface area contributed by atoms with E-state index in [-0.39, 0.29) is 5.78 Å². The Bertz CT molecular complexity index is 596. The van der Waals surface area contributed by atoms with Crippen molar-refractivity contribution in [2.45, 2.75) is 0 Å². The fourth-order valence-electron chi connectivity index (χ4n) is 1.64. The van der Waals surface area contributed by atoms with Gasteiger partial charge < -0.3 is 4.74 Å². The van der Waals surface area contributed by atoms with Gasteiger partial charge in [-0.25, -0.2) is 0 Å². The molecule has 0 saturated heterocycles. The van der Waals surface area contributed by atoms with Crippen molar-refractivity contribution in [3.8, 4) is 5.75 Å². The first-order chi connectivity index (χ1) is 8.63. The van der Waals surface area contributed by atoms with E-state index in [1.54, 1.807) is 42.5 Å². The lowest BCUT2D eigenvalue weighted by Crippen LogP contribution is -2.04. The van der Waals surface area contributed by atoms with Crippen molar-refractivity contribution in [1.29, 1.82) is 0 Å². The first kappa shape index (κ1) is 13.1. The van der Waals surface area contributed by atoms with Crippen molar-refractivity contribution in [2.24, 2.45) is 0 Å². The lowest BCUT2D eigenvalue weighted by molar-refractivity contribution is 0.103. The van der Waals surface area contributed by atoms with Crippen LogP contribution in [-0.2, 0) is 0 Å². The van der Waals surface area contributed by atoms with Crippen LogP contribution in [0.3, 0.4) is 0 Å². The SMILES string of the molecule is COc1cc(Br)ccc1C(=O)c1ccccc1Cl. The molecule has 0 spiro atoms. The van der Waals surface area contributed by atoms with Crippen LogP contribution in [0.5, 0.6) is 5.75 Å². The van der Waals surface area contributed by atoms with Gasteiger partial charge in [0.25, 0.3) is 0 Å². The van der Waals surface area contributed by atoms with Crippen LogP contribution >= 0.6 is 27.5 Å². The standard InChI is InChI=1S/C14H10BrClO2/c1-18-13-8-9(15)6-7-11(13)14(17)10-4-2-3-5-12(10)16/h2-8H,1H3. The van der Waals surface area contributed by atoms with Crippen LogP contribution in [0.15, 0.2) is 46.9 Å². The number of carbonyl (C=O) groups excluding carboxylic acids is 1. The third-order valence-electron chi connectivity index (χ3n) is 2.53. The van der Waals surface area contributed by atoms with Gasteiger partial charge in [-0.2, -0.15) is 0 Å². The van der Waals surface area contributed by atoms with Crippen LogP contribution in [0.1, 0.15) is 15.9 Å². The van der Waals surface area contributed by atoms with Gasteiger partial charge in [-0.3, -0.25) is 4.79 Å². The van der Waals surface area contributed by atoms with Gasteiger partial charge in [0.05, 0.1) is 17.7 Å². The number of rotatable bonds is 3. The summed E-state index contributed by atoms with van der Waals surface area (Å²) in [4.78, 5) is 12.4. The molecule has 0 aromatic heterocycles. The molecule has 0 saturated carbocycles. The number of benzene rings is 2. The molecule has 0 fully saturated rings. The van der Waals surface area contributed by atoms with Gasteiger partial charge in [0.1, 0.15) is 5.75 Å². The summed E-state index contributed by atoms with van der Waals surface area (Å²) < 4.78 is 6.07. The van der Waals surface area contributed by atoms with Crippen LogP contribution in [0.4, 0.5) is 0 Å². The molecule has 92 valence electrons. The van der Waals surface area contributed by atoms with Crippen LogP contribution in [-0.4, -0.2) is 12.9 Å². The summed E-state index contributed by atoms with van der Waals surface area (Å²) in [6.07, 6.45) is 0. The van der Waals surface area contributed by atoms with E-state index in [1.807, 2.05) is 0 Å². The molecule has 0 aliphatic heterocycles. The van der Waals surface area contributed by atoms with Crippen molar-refractivity contribution in [3.05, 3.63) is 63.1 Å². The summed E-state index contributed by atoms with van der Waals surface area (Å²) in [5, 5.41) is 0.437. The highest BCUT2D eigenvalue weighted by Crippen LogP contribution is 2.27. The van der Waals surface area contributed by atoms with Gasteiger partial charge in [-0.1, -0.05) is 39.7 Å². The molecule has 2 aromatic carbocycles. The van der Waals surface area contributed by atoms with Gasteiger partial charge in [0, 0.05) is 10.0 Å². The first-order valence-electron chi connectivity index (χ1n) is 5.26. The quantitative estimate of drug-likeness (QED) is 0.785. The molecule has 0 amide bonds. The van der Waals surface area contributed by atoms with E-state index >= 15 is 0 Å². The average Bonchev–Trinajstić information content (AvgIpc) is 2.38. The van der Waals surface area contributed by atoms with Gasteiger partial charge in [-0.05, 0) is 30.3 Å². The number of methoxy groups -OCH3 is 1. The second-order valence-corrected chi connectivity index (χ2v) is 4.98. The van der Waals surface area contributed by atoms with E-state index in [9.17, 15) is 4.79 Å². The highest BCUT2D eigenvalue weighted by Gasteiger charge is 2.16. The topological polar surface area (TPSA) is 26.3 Å². The molecule has 0 N–H and O–H groups in total. The predicted octanol–water partition coefficient (Wildman–Crippen LogP) is 4.34. The van der Waals surface area contributed by atoms with Gasteiger partial charge >= 0.3 is 0 Å². The molecule has 0 aliphatic rings. The Kier molecular flexibility index (Phi) is 4.04. The lowest BCUT2D eigenvalue weighted by atomic mass is 10.0. The second-order valence-electron chi connectivity index (χ2n) is 3.65. The molecule has 2 nitrogen and oxygen atoms in total. The number of ether oxygens (including phenoxy) is 1. The van der Waals surface area contributed by atoms with E-state index in [0.717, 1.165) is 4.47 Å². The zero-order valence-electron chi connectivity index (χ0n) is 9.61. The van der Waals surface area contributed by atoms with Crippen LogP contribution in [0.2, 0.25) is 5.02 Å². The number of hydrogen-bond acceptors (Lipinski definition) is 2. The zero-order valence-corrected chi connectivity index (χ0v) is 12.0. The molecule has 0 aliphatic carbocycles. The Morgan fingerprint density at radius 2 is 1.89 bits per heavy atom. The molecule has 4 heteroatoms. The monoisotopic (exact) mass is 324 g/mol. The Labute approximate surface area is 119 Å². The van der Waals surface area contributed by atoms with Crippen LogP contribution < -0.4 is 4.74 Å². The van der Waals surface area contributed by atoms with Gasteiger partial charge in [-0.15, -0.1) is 0 Å². The molecule has 0 heterocycles. The molecule has 0 atom stereocenters. The molecule has 2 aromatic rings. The Morgan fingerprint density at radius 1 is 1.17 bits per heavy atom. The van der Waals surface area contributed by atoms with Gasteiger partial charge in [0.2, 0.25) is 0 Å². The Balaban J connectivity index is 2.50. The lowest BCUT2D eigenvalue weighted by Gasteiger charge is -2.09. The van der Waals surface area contributed by atoms with Crippen LogP contribution in [0.25, 0.3) is 0 Å². The zero-order chi connectivity index (χ0) is 13.1. The average molecular weight is 326 g/mol. The molecular formula is C14H10BrClO2. The fraction of sp³-hybridized carbons (Fsp3) is 0.0714. The van der Waals surface area contributed by atoms with Gasteiger partial charge in [0.15, 0.2) is 5.78 Å². The minimum absolute atomic E-state index is 0.148. The molecule has 2 rings (SSSR count). The van der Waals surface area contributed by atoms with E-state index in [1.165, 1.54) is 7.11 Å². The molecule has 0 unspecified atom stereocenters. The maximum Gasteiger partial charge on any atom is 0.198 e. The maximum atomic E-state index is 12.4. The van der Waals surface area contributed by atoms with E-state index < -0.39 is 0 Å². The largest absolute Gasteiger partial charge is 0.496 e. The third kappa shape index (κ3) is 2.57. The van der Waals surface area contributed by atoms with E-state index in [2.05, 4.69) is 15.9 Å². The summed E-state index contributed by atoms with van der Waals surface area (Å²) in [6.45, 7) is 0. The maximum absolute atomic E-state index is 12.4. The van der Waals surface area contributed by atoms with Crippen molar-refractivity contribution in [2.75, 3.05) is 7.11 Å². The van der Waals surface area contributed by atoms with Crippen molar-refractivity contribution >= 4 is 33.3 Å². The summed E-state index contributed by atoms with van der Waals surface area (Å²) in [7, 11) is 1.53. The highest BCUT2D eigenvalue weighted by atomic mass is 79.9. The fourth-order valence-corrected chi connectivity index (χ4v) is 2.20. The minimum Gasteiger partial charge on any atom is -0.496 e. The van der Waals surface area contributed by atoms with Crippen molar-refractivity contribution < 1.29 is 9.53 Å². The summed E-state index contributed by atoms with van der Waals surface area (Å²) in [5.74, 6) is 0.374. The Morgan fingerprint density at radius 3 is 2.56 bits per heavy atom. The molecule has 18 heavy (non-hydrogen) atoms.